The van der Waals surface area contributed by atoms with Crippen molar-refractivity contribution in [3.8, 4) is 0 Å². The molecule has 0 radical (unpaired) electrons. The first-order valence-electron chi connectivity index (χ1n) is 4.11. The number of carbonyl (C=O) groups is 1. The summed E-state index contributed by atoms with van der Waals surface area (Å²) in [6.45, 7) is 0.417. The molecule has 66 valence electrons. The van der Waals surface area contributed by atoms with Crippen molar-refractivity contribution in [1.29, 1.82) is 0 Å². The van der Waals surface area contributed by atoms with Gasteiger partial charge in [-0.1, -0.05) is 19.3 Å². The Morgan fingerprint density at radius 2 is 1.82 bits per heavy atom. The lowest BCUT2D eigenvalue weighted by molar-refractivity contribution is -0.106. The highest BCUT2D eigenvalue weighted by Gasteiger charge is 2.10. The Hall–Kier alpha value is -0.570. The molecule has 0 atom stereocenters. The lowest BCUT2D eigenvalue weighted by atomic mass is 9.90. The molecule has 0 aromatic carbocycles. The molecule has 0 unspecified atom stereocenters. The lowest BCUT2D eigenvalue weighted by Gasteiger charge is -2.18. The lowest BCUT2D eigenvalue weighted by Crippen LogP contribution is -2.09. The molecule has 3 N–H and O–H groups in total. The van der Waals surface area contributed by atoms with Crippen LogP contribution in [0.2, 0.25) is 0 Å². The SMILES string of the molecule is NC=O.OCC1CCCCC1. The van der Waals surface area contributed by atoms with E-state index < -0.39 is 0 Å². The van der Waals surface area contributed by atoms with Crippen LogP contribution in [0.1, 0.15) is 32.1 Å². The predicted octanol–water partition coefficient (Wildman–Crippen LogP) is 0.660. The van der Waals surface area contributed by atoms with Crippen LogP contribution in [0, 0.1) is 5.92 Å². The van der Waals surface area contributed by atoms with E-state index in [1.807, 2.05) is 0 Å². The summed E-state index contributed by atoms with van der Waals surface area (Å²) in [6, 6.07) is 0. The molecule has 11 heavy (non-hydrogen) atoms. The molecule has 0 heterocycles. The maximum atomic E-state index is 8.69. The van der Waals surface area contributed by atoms with E-state index in [1.54, 1.807) is 0 Å². The normalized spacial score (nSPS) is 18.3. The summed E-state index contributed by atoms with van der Waals surface area (Å²) in [5.74, 6) is 0.642. The molecule has 1 rings (SSSR count). The van der Waals surface area contributed by atoms with Crippen molar-refractivity contribution in [2.75, 3.05) is 6.61 Å². The van der Waals surface area contributed by atoms with Crippen molar-refractivity contribution < 1.29 is 9.90 Å². The zero-order valence-electron chi connectivity index (χ0n) is 6.83. The van der Waals surface area contributed by atoms with Crippen LogP contribution in [0.5, 0.6) is 0 Å². The standard InChI is InChI=1S/C7H14O.CH3NO/c8-6-7-4-2-1-3-5-7;2-1-3/h7-8H,1-6H2;1H,(H2,2,3). The Morgan fingerprint density at radius 3 is 2.09 bits per heavy atom. The smallest absolute Gasteiger partial charge is 0.204 e. The van der Waals surface area contributed by atoms with Crippen molar-refractivity contribution in [3.63, 3.8) is 0 Å². The molecule has 0 aliphatic heterocycles. The highest BCUT2D eigenvalue weighted by atomic mass is 16.3. The topological polar surface area (TPSA) is 63.3 Å². The predicted molar refractivity (Wildman–Crippen MR) is 43.9 cm³/mol. The highest BCUT2D eigenvalue weighted by molar-refractivity contribution is 5.42. The number of aliphatic hydroxyl groups is 1. The summed E-state index contributed by atoms with van der Waals surface area (Å²) in [6.07, 6.45) is 6.83. The molecule has 1 fully saturated rings. The second-order valence-electron chi connectivity index (χ2n) is 2.82. The van der Waals surface area contributed by atoms with Crippen molar-refractivity contribution in [3.05, 3.63) is 0 Å². The quantitative estimate of drug-likeness (QED) is 0.552. The molecule has 0 bridgehead atoms. The molecule has 0 aromatic heterocycles. The van der Waals surface area contributed by atoms with Gasteiger partial charge in [0.25, 0.3) is 0 Å². The molecule has 1 saturated carbocycles. The number of rotatable bonds is 1. The van der Waals surface area contributed by atoms with Gasteiger partial charge in [0, 0.05) is 6.61 Å². The van der Waals surface area contributed by atoms with Crippen LogP contribution in [0.3, 0.4) is 0 Å². The fraction of sp³-hybridized carbons (Fsp3) is 0.875. The van der Waals surface area contributed by atoms with Gasteiger partial charge in [-0.3, -0.25) is 4.79 Å². The summed E-state index contributed by atoms with van der Waals surface area (Å²) in [5, 5.41) is 8.69. The largest absolute Gasteiger partial charge is 0.396 e. The third-order valence-electron chi connectivity index (χ3n) is 1.98. The van der Waals surface area contributed by atoms with Gasteiger partial charge in [0.2, 0.25) is 6.41 Å². The summed E-state index contributed by atoms with van der Waals surface area (Å²) in [7, 11) is 0. The number of primary amides is 1. The second-order valence-corrected chi connectivity index (χ2v) is 2.82. The minimum atomic E-state index is 0.250. The monoisotopic (exact) mass is 159 g/mol. The van der Waals surface area contributed by atoms with Gasteiger partial charge in [0.05, 0.1) is 0 Å². The number of nitrogens with two attached hydrogens (primary N) is 1. The van der Waals surface area contributed by atoms with Gasteiger partial charge in [0.15, 0.2) is 0 Å². The zero-order valence-corrected chi connectivity index (χ0v) is 6.83. The summed E-state index contributed by atoms with van der Waals surface area (Å²) >= 11 is 0. The van der Waals surface area contributed by atoms with E-state index in [-0.39, 0.29) is 6.41 Å². The molecule has 0 spiro atoms. The van der Waals surface area contributed by atoms with Gasteiger partial charge in [-0.15, -0.1) is 0 Å². The van der Waals surface area contributed by atoms with E-state index in [4.69, 9.17) is 9.90 Å². The van der Waals surface area contributed by atoms with Crippen LogP contribution in [-0.4, -0.2) is 18.1 Å². The first-order valence-corrected chi connectivity index (χ1v) is 4.11. The minimum Gasteiger partial charge on any atom is -0.396 e. The van der Waals surface area contributed by atoms with Crippen LogP contribution < -0.4 is 5.73 Å². The van der Waals surface area contributed by atoms with E-state index in [1.165, 1.54) is 32.1 Å². The van der Waals surface area contributed by atoms with Crippen molar-refractivity contribution in [1.82, 2.24) is 0 Å². The van der Waals surface area contributed by atoms with Crippen LogP contribution in [0.4, 0.5) is 0 Å². The van der Waals surface area contributed by atoms with Gasteiger partial charge < -0.3 is 10.8 Å². The average Bonchev–Trinajstić information content (AvgIpc) is 2.08. The molecule has 0 saturated heterocycles. The Bertz CT molecular complexity index is 90.1. The van der Waals surface area contributed by atoms with E-state index in [9.17, 15) is 0 Å². The molecule has 1 amide bonds. The second kappa shape index (κ2) is 7.54. The van der Waals surface area contributed by atoms with Crippen molar-refractivity contribution >= 4 is 6.41 Å². The number of carbonyl (C=O) groups excluding carboxylic acids is 1. The number of amides is 1. The number of hydrogen-bond donors (Lipinski definition) is 2. The molecule has 3 heteroatoms. The summed E-state index contributed by atoms with van der Waals surface area (Å²) in [5.41, 5.74) is 4.17. The summed E-state index contributed by atoms with van der Waals surface area (Å²) < 4.78 is 0. The van der Waals surface area contributed by atoms with Gasteiger partial charge in [-0.05, 0) is 18.8 Å². The van der Waals surface area contributed by atoms with E-state index >= 15 is 0 Å². The van der Waals surface area contributed by atoms with E-state index in [2.05, 4.69) is 5.73 Å². The molecular formula is C8H17NO2. The van der Waals surface area contributed by atoms with E-state index in [0.717, 1.165) is 0 Å². The maximum Gasteiger partial charge on any atom is 0.204 e. The van der Waals surface area contributed by atoms with Gasteiger partial charge in [0.1, 0.15) is 0 Å². The fourth-order valence-corrected chi connectivity index (χ4v) is 1.37. The number of aliphatic hydroxyl groups excluding tert-OH is 1. The first-order chi connectivity index (χ1) is 5.35. The van der Waals surface area contributed by atoms with Gasteiger partial charge >= 0.3 is 0 Å². The van der Waals surface area contributed by atoms with Crippen LogP contribution >= 0.6 is 0 Å². The molecule has 0 aromatic rings. The van der Waals surface area contributed by atoms with Crippen molar-refractivity contribution in [2.24, 2.45) is 11.7 Å². The molecule has 3 nitrogen and oxygen atoms in total. The Kier molecular flexibility index (Phi) is 7.15. The fourth-order valence-electron chi connectivity index (χ4n) is 1.37. The molecule has 1 aliphatic rings. The zero-order chi connectivity index (χ0) is 8.53. The van der Waals surface area contributed by atoms with Crippen LogP contribution in [0.25, 0.3) is 0 Å². The highest BCUT2D eigenvalue weighted by Crippen LogP contribution is 2.22. The average molecular weight is 159 g/mol. The Labute approximate surface area is 67.6 Å². The Morgan fingerprint density at radius 1 is 1.36 bits per heavy atom. The van der Waals surface area contributed by atoms with Crippen molar-refractivity contribution in [2.45, 2.75) is 32.1 Å². The van der Waals surface area contributed by atoms with Gasteiger partial charge in [-0.25, -0.2) is 0 Å². The van der Waals surface area contributed by atoms with E-state index in [0.29, 0.717) is 12.5 Å². The maximum absolute atomic E-state index is 8.69. The molecular weight excluding hydrogens is 142 g/mol. The van der Waals surface area contributed by atoms with Gasteiger partial charge in [-0.2, -0.15) is 0 Å². The minimum absolute atomic E-state index is 0.250. The van der Waals surface area contributed by atoms with Crippen LogP contribution in [0.15, 0.2) is 0 Å². The van der Waals surface area contributed by atoms with Crippen LogP contribution in [-0.2, 0) is 4.79 Å². The summed E-state index contributed by atoms with van der Waals surface area (Å²) in [4.78, 5) is 8.58. The third-order valence-corrected chi connectivity index (χ3v) is 1.98. The molecule has 1 aliphatic carbocycles. The Balaban J connectivity index is 0.000000292. The first kappa shape index (κ1) is 10.4. The third kappa shape index (κ3) is 5.85. The number of hydrogen-bond acceptors (Lipinski definition) is 2.